The number of nitrogens with zero attached hydrogens (tertiary/aromatic N) is 1. The predicted octanol–water partition coefficient (Wildman–Crippen LogP) is 1.70. The highest BCUT2D eigenvalue weighted by atomic mass is 28.1. The molecular formula is C9H10NSi. The summed E-state index contributed by atoms with van der Waals surface area (Å²) in [6.45, 7) is 0. The Balaban J connectivity index is 2.15. The molecule has 3 radical (unpaired) electrons. The minimum absolute atomic E-state index is 0.483. The third-order valence-corrected chi connectivity index (χ3v) is 2.87. The molecule has 1 heterocycles. The number of pyridine rings is 1. The van der Waals surface area contributed by atoms with E-state index in [4.69, 9.17) is 0 Å². The number of aromatic nitrogens is 1. The standard InChI is InChI=1S/C9H10NSi/c11-9(7-4-5-7)8-3-1-2-6-10-8/h1-3,6-7,9H,4-5H2/t9-/m0/s1. The van der Waals surface area contributed by atoms with Crippen molar-refractivity contribution in [1.82, 2.24) is 4.98 Å². The summed E-state index contributed by atoms with van der Waals surface area (Å²) in [5.74, 6) is 0.835. The molecule has 0 aliphatic heterocycles. The van der Waals surface area contributed by atoms with Crippen LogP contribution in [0.5, 0.6) is 0 Å². The lowest BCUT2D eigenvalue weighted by Crippen LogP contribution is -2.02. The molecule has 1 aromatic rings. The van der Waals surface area contributed by atoms with E-state index in [-0.39, 0.29) is 0 Å². The van der Waals surface area contributed by atoms with Crippen molar-refractivity contribution in [2.75, 3.05) is 0 Å². The van der Waals surface area contributed by atoms with Gasteiger partial charge in [-0.25, -0.2) is 0 Å². The molecule has 1 saturated carbocycles. The van der Waals surface area contributed by atoms with E-state index in [2.05, 4.69) is 21.3 Å². The van der Waals surface area contributed by atoms with Crippen molar-refractivity contribution < 1.29 is 0 Å². The second-order valence-electron chi connectivity index (χ2n) is 3.07. The number of hydrogen-bond donors (Lipinski definition) is 0. The van der Waals surface area contributed by atoms with Crippen LogP contribution in [0.3, 0.4) is 0 Å². The van der Waals surface area contributed by atoms with Gasteiger partial charge in [-0.15, -0.1) is 0 Å². The van der Waals surface area contributed by atoms with Crippen molar-refractivity contribution in [3.63, 3.8) is 0 Å². The van der Waals surface area contributed by atoms with Gasteiger partial charge >= 0.3 is 0 Å². The second kappa shape index (κ2) is 2.78. The van der Waals surface area contributed by atoms with Crippen LogP contribution in [0, 0.1) is 5.92 Å². The second-order valence-corrected chi connectivity index (χ2v) is 3.69. The zero-order chi connectivity index (χ0) is 7.68. The lowest BCUT2D eigenvalue weighted by Gasteiger charge is -2.07. The molecule has 1 aromatic heterocycles. The summed E-state index contributed by atoms with van der Waals surface area (Å²) in [5.41, 5.74) is 1.66. The lowest BCUT2D eigenvalue weighted by molar-refractivity contribution is 0.770. The van der Waals surface area contributed by atoms with Gasteiger partial charge < -0.3 is 0 Å². The molecule has 1 aliphatic rings. The van der Waals surface area contributed by atoms with Crippen molar-refractivity contribution in [3.8, 4) is 0 Å². The van der Waals surface area contributed by atoms with E-state index in [0.717, 1.165) is 5.92 Å². The Kier molecular flexibility index (Phi) is 1.78. The van der Waals surface area contributed by atoms with Gasteiger partial charge in [0.1, 0.15) is 0 Å². The third-order valence-electron chi connectivity index (χ3n) is 2.10. The van der Waals surface area contributed by atoms with E-state index in [1.165, 1.54) is 18.5 Å². The fraction of sp³-hybridized carbons (Fsp3) is 0.444. The van der Waals surface area contributed by atoms with Gasteiger partial charge in [0.2, 0.25) is 0 Å². The quantitative estimate of drug-likeness (QED) is 0.600. The number of rotatable bonds is 2. The van der Waals surface area contributed by atoms with Gasteiger partial charge in [0.15, 0.2) is 0 Å². The maximum Gasteiger partial charge on any atom is 0.0402 e. The molecular weight excluding hydrogens is 150 g/mol. The van der Waals surface area contributed by atoms with E-state index < -0.39 is 0 Å². The highest BCUT2D eigenvalue weighted by molar-refractivity contribution is 6.12. The smallest absolute Gasteiger partial charge is 0.0402 e. The first-order valence-electron chi connectivity index (χ1n) is 4.00. The molecule has 1 atom stereocenters. The van der Waals surface area contributed by atoms with Crippen molar-refractivity contribution in [3.05, 3.63) is 30.1 Å². The van der Waals surface area contributed by atoms with Crippen molar-refractivity contribution >= 4 is 10.2 Å². The van der Waals surface area contributed by atoms with Crippen LogP contribution in [0.4, 0.5) is 0 Å². The minimum Gasteiger partial charge on any atom is -0.261 e. The Morgan fingerprint density at radius 2 is 2.27 bits per heavy atom. The predicted molar refractivity (Wildman–Crippen MR) is 45.5 cm³/mol. The van der Waals surface area contributed by atoms with Crippen LogP contribution in [-0.2, 0) is 0 Å². The maximum absolute atomic E-state index is 4.29. The molecule has 11 heavy (non-hydrogen) atoms. The van der Waals surface area contributed by atoms with E-state index in [0.29, 0.717) is 5.54 Å². The number of hydrogen-bond acceptors (Lipinski definition) is 1. The highest BCUT2D eigenvalue weighted by Gasteiger charge is 2.29. The van der Waals surface area contributed by atoms with Crippen LogP contribution in [0.25, 0.3) is 0 Å². The molecule has 0 spiro atoms. The van der Waals surface area contributed by atoms with Crippen LogP contribution in [0.2, 0.25) is 0 Å². The van der Waals surface area contributed by atoms with Gasteiger partial charge in [-0.05, 0) is 36.4 Å². The molecule has 0 amide bonds. The van der Waals surface area contributed by atoms with Gasteiger partial charge in [0.05, 0.1) is 0 Å². The van der Waals surface area contributed by atoms with Crippen LogP contribution >= 0.6 is 0 Å². The van der Waals surface area contributed by atoms with E-state index in [1.807, 2.05) is 18.3 Å². The van der Waals surface area contributed by atoms with E-state index in [9.17, 15) is 0 Å². The Hall–Kier alpha value is -0.633. The van der Waals surface area contributed by atoms with Crippen LogP contribution in [0.15, 0.2) is 24.4 Å². The molecule has 0 saturated heterocycles. The first-order chi connectivity index (χ1) is 5.38. The largest absolute Gasteiger partial charge is 0.261 e. The van der Waals surface area contributed by atoms with Crippen LogP contribution in [-0.4, -0.2) is 15.2 Å². The molecule has 1 nitrogen and oxygen atoms in total. The molecule has 1 fully saturated rings. The van der Waals surface area contributed by atoms with Crippen LogP contribution < -0.4 is 0 Å². The third kappa shape index (κ3) is 1.51. The average Bonchev–Trinajstić information content (AvgIpc) is 2.87. The van der Waals surface area contributed by atoms with Crippen molar-refractivity contribution in [1.29, 1.82) is 0 Å². The van der Waals surface area contributed by atoms with E-state index >= 15 is 0 Å². The Morgan fingerprint density at radius 3 is 2.82 bits per heavy atom. The summed E-state index contributed by atoms with van der Waals surface area (Å²) in [4.78, 5) is 4.29. The van der Waals surface area contributed by atoms with Gasteiger partial charge in [-0.2, -0.15) is 0 Å². The molecule has 0 N–H and O–H groups in total. The Morgan fingerprint density at radius 1 is 1.45 bits per heavy atom. The van der Waals surface area contributed by atoms with E-state index in [1.54, 1.807) is 0 Å². The topological polar surface area (TPSA) is 12.9 Å². The molecule has 2 heteroatoms. The summed E-state index contributed by atoms with van der Waals surface area (Å²) in [7, 11) is 3.70. The maximum atomic E-state index is 4.29. The highest BCUT2D eigenvalue weighted by Crippen LogP contribution is 2.39. The summed E-state index contributed by atoms with van der Waals surface area (Å²) < 4.78 is 0. The molecule has 1 aliphatic carbocycles. The SMILES string of the molecule is [Si][C@H](c1ccccn1)C1CC1. The summed E-state index contributed by atoms with van der Waals surface area (Å²) in [6.07, 6.45) is 4.56. The lowest BCUT2D eigenvalue weighted by atomic mass is 10.2. The average molecular weight is 160 g/mol. The Labute approximate surface area is 70.3 Å². The van der Waals surface area contributed by atoms with Gasteiger partial charge in [0, 0.05) is 22.1 Å². The Bertz CT molecular complexity index is 231. The normalized spacial score (nSPS) is 19.7. The first kappa shape index (κ1) is 7.04. The molecule has 0 unspecified atom stereocenters. The first-order valence-corrected chi connectivity index (χ1v) is 4.58. The van der Waals surface area contributed by atoms with Crippen LogP contribution in [0.1, 0.15) is 24.1 Å². The summed E-state index contributed by atoms with van der Waals surface area (Å²) in [5, 5.41) is 0. The molecule has 55 valence electrons. The fourth-order valence-electron chi connectivity index (χ4n) is 1.23. The van der Waals surface area contributed by atoms with Crippen molar-refractivity contribution in [2.45, 2.75) is 18.4 Å². The molecule has 0 aromatic carbocycles. The monoisotopic (exact) mass is 160 g/mol. The minimum atomic E-state index is 0.483. The molecule has 0 bridgehead atoms. The zero-order valence-electron chi connectivity index (χ0n) is 6.33. The summed E-state index contributed by atoms with van der Waals surface area (Å²) in [6, 6.07) is 6.07. The van der Waals surface area contributed by atoms with Gasteiger partial charge in [-0.1, -0.05) is 6.07 Å². The van der Waals surface area contributed by atoms with Gasteiger partial charge in [0.25, 0.3) is 0 Å². The summed E-state index contributed by atoms with van der Waals surface area (Å²) >= 11 is 0. The van der Waals surface area contributed by atoms with Crippen molar-refractivity contribution in [2.24, 2.45) is 5.92 Å². The molecule has 2 rings (SSSR count). The fourth-order valence-corrected chi connectivity index (χ4v) is 1.74. The van der Waals surface area contributed by atoms with Gasteiger partial charge in [-0.3, -0.25) is 4.98 Å². The zero-order valence-corrected chi connectivity index (χ0v) is 7.33.